The van der Waals surface area contributed by atoms with Crippen LogP contribution in [0, 0.1) is 11.7 Å². The van der Waals surface area contributed by atoms with Crippen LogP contribution >= 0.6 is 12.4 Å². The first-order valence-corrected chi connectivity index (χ1v) is 8.66. The Morgan fingerprint density at radius 3 is 2.48 bits per heavy atom. The lowest BCUT2D eigenvalue weighted by Crippen LogP contribution is -2.45. The molecule has 1 aliphatic rings. The number of hydrogen-bond donors (Lipinski definition) is 2. The molecule has 1 aliphatic heterocycles. The first-order chi connectivity index (χ1) is 12.5. The van der Waals surface area contributed by atoms with Crippen LogP contribution in [0.4, 0.5) is 10.1 Å². The van der Waals surface area contributed by atoms with E-state index in [1.807, 2.05) is 30.3 Å². The fraction of sp³-hybridized carbons (Fsp3) is 0.300. The summed E-state index contributed by atoms with van der Waals surface area (Å²) >= 11 is 0. The lowest BCUT2D eigenvalue weighted by atomic mass is 9.94. The van der Waals surface area contributed by atoms with Gasteiger partial charge in [-0.2, -0.15) is 0 Å². The van der Waals surface area contributed by atoms with Crippen LogP contribution in [0.1, 0.15) is 24.9 Å². The maximum absolute atomic E-state index is 13.9. The van der Waals surface area contributed by atoms with Crippen molar-refractivity contribution in [1.29, 1.82) is 0 Å². The molecule has 0 spiro atoms. The molecule has 2 aromatic rings. The molecule has 3 rings (SSSR count). The van der Waals surface area contributed by atoms with Gasteiger partial charge in [0, 0.05) is 12.6 Å². The average Bonchev–Trinajstić information content (AvgIpc) is 3.02. The van der Waals surface area contributed by atoms with Crippen molar-refractivity contribution >= 4 is 29.9 Å². The number of anilines is 1. The number of para-hydroxylation sites is 1. The Bertz CT molecular complexity index is 803. The van der Waals surface area contributed by atoms with E-state index in [9.17, 15) is 14.0 Å². The number of rotatable bonds is 5. The Hall–Kier alpha value is -2.44. The second kappa shape index (κ2) is 8.97. The Kier molecular flexibility index (Phi) is 6.93. The number of nitrogens with one attached hydrogen (secondary N) is 1. The number of benzene rings is 2. The van der Waals surface area contributed by atoms with E-state index >= 15 is 0 Å². The molecule has 0 radical (unpaired) electrons. The standard InChI is InChI=1S/C20H22FN3O2.ClH/c1-13(18(22)14-7-3-2-4-8-14)19(25)23-16-11-12-24(20(16)26)17-10-6-5-9-15(17)21;/h2-10,13,16,18H,11-12,22H2,1H3,(H,23,25);1H. The Morgan fingerprint density at radius 1 is 1.19 bits per heavy atom. The first kappa shape index (κ1) is 20.9. The number of carbonyl (C=O) groups excluding carboxylic acids is 2. The van der Waals surface area contributed by atoms with Crippen LogP contribution in [-0.2, 0) is 9.59 Å². The lowest BCUT2D eigenvalue weighted by Gasteiger charge is -2.22. The van der Waals surface area contributed by atoms with Gasteiger partial charge in [-0.05, 0) is 24.1 Å². The summed E-state index contributed by atoms with van der Waals surface area (Å²) < 4.78 is 13.9. The molecule has 144 valence electrons. The molecule has 2 aromatic carbocycles. The zero-order valence-electron chi connectivity index (χ0n) is 15.0. The van der Waals surface area contributed by atoms with Crippen LogP contribution in [0.2, 0.25) is 0 Å². The molecular formula is C20H23ClFN3O2. The van der Waals surface area contributed by atoms with Crippen LogP contribution in [0.5, 0.6) is 0 Å². The van der Waals surface area contributed by atoms with E-state index in [0.29, 0.717) is 13.0 Å². The lowest BCUT2D eigenvalue weighted by molar-refractivity contribution is -0.129. The monoisotopic (exact) mass is 391 g/mol. The molecular weight excluding hydrogens is 369 g/mol. The van der Waals surface area contributed by atoms with E-state index in [-0.39, 0.29) is 29.9 Å². The van der Waals surface area contributed by atoms with Crippen molar-refractivity contribution in [3.05, 3.63) is 66.0 Å². The molecule has 0 aliphatic carbocycles. The van der Waals surface area contributed by atoms with Crippen LogP contribution in [-0.4, -0.2) is 24.4 Å². The van der Waals surface area contributed by atoms with Gasteiger partial charge in [0.25, 0.3) is 0 Å². The van der Waals surface area contributed by atoms with E-state index in [4.69, 9.17) is 5.73 Å². The number of nitrogens with two attached hydrogens (primary N) is 1. The molecule has 5 nitrogen and oxygen atoms in total. The highest BCUT2D eigenvalue weighted by Crippen LogP contribution is 2.25. The van der Waals surface area contributed by atoms with Crippen molar-refractivity contribution in [1.82, 2.24) is 5.32 Å². The van der Waals surface area contributed by atoms with Crippen molar-refractivity contribution in [2.45, 2.75) is 25.4 Å². The second-order valence-electron chi connectivity index (χ2n) is 6.52. The van der Waals surface area contributed by atoms with Crippen molar-refractivity contribution < 1.29 is 14.0 Å². The molecule has 27 heavy (non-hydrogen) atoms. The molecule has 0 saturated carbocycles. The van der Waals surface area contributed by atoms with Crippen molar-refractivity contribution in [3.63, 3.8) is 0 Å². The van der Waals surface area contributed by atoms with Gasteiger partial charge in [-0.15, -0.1) is 12.4 Å². The number of nitrogens with zero attached hydrogens (tertiary/aromatic N) is 1. The van der Waals surface area contributed by atoms with Gasteiger partial charge >= 0.3 is 0 Å². The summed E-state index contributed by atoms with van der Waals surface area (Å²) in [6.45, 7) is 2.10. The van der Waals surface area contributed by atoms with E-state index in [1.165, 1.54) is 11.0 Å². The molecule has 1 saturated heterocycles. The molecule has 3 N–H and O–H groups in total. The molecule has 7 heteroatoms. The quantitative estimate of drug-likeness (QED) is 0.822. The second-order valence-corrected chi connectivity index (χ2v) is 6.52. The predicted molar refractivity (Wildman–Crippen MR) is 105 cm³/mol. The van der Waals surface area contributed by atoms with E-state index in [1.54, 1.807) is 25.1 Å². The maximum atomic E-state index is 13.9. The highest BCUT2D eigenvalue weighted by Gasteiger charge is 2.36. The predicted octanol–water partition coefficient (Wildman–Crippen LogP) is 2.81. The van der Waals surface area contributed by atoms with Crippen LogP contribution < -0.4 is 16.0 Å². The van der Waals surface area contributed by atoms with E-state index in [2.05, 4.69) is 5.32 Å². The van der Waals surface area contributed by atoms with Crippen molar-refractivity contribution in [3.8, 4) is 0 Å². The average molecular weight is 392 g/mol. The molecule has 0 aromatic heterocycles. The third-order valence-corrected chi connectivity index (χ3v) is 4.80. The van der Waals surface area contributed by atoms with Gasteiger partial charge in [-0.25, -0.2) is 4.39 Å². The van der Waals surface area contributed by atoms with Crippen LogP contribution in [0.3, 0.4) is 0 Å². The minimum atomic E-state index is -0.660. The third-order valence-electron chi connectivity index (χ3n) is 4.80. The highest BCUT2D eigenvalue weighted by atomic mass is 35.5. The normalized spacial score (nSPS) is 18.6. The number of carbonyl (C=O) groups is 2. The summed E-state index contributed by atoms with van der Waals surface area (Å²) in [5.41, 5.74) is 7.28. The summed E-state index contributed by atoms with van der Waals surface area (Å²) in [6, 6.07) is 14.4. The van der Waals surface area contributed by atoms with E-state index < -0.39 is 23.8 Å². The third kappa shape index (κ3) is 4.46. The zero-order valence-corrected chi connectivity index (χ0v) is 15.8. The Morgan fingerprint density at radius 2 is 1.81 bits per heavy atom. The molecule has 3 unspecified atom stereocenters. The van der Waals surface area contributed by atoms with Gasteiger partial charge in [-0.1, -0.05) is 49.4 Å². The molecule has 3 atom stereocenters. The van der Waals surface area contributed by atoms with Crippen LogP contribution in [0.15, 0.2) is 54.6 Å². The van der Waals surface area contributed by atoms with Crippen molar-refractivity contribution in [2.24, 2.45) is 11.7 Å². The maximum Gasteiger partial charge on any atom is 0.249 e. The van der Waals surface area contributed by atoms with Gasteiger partial charge in [-0.3, -0.25) is 9.59 Å². The highest BCUT2D eigenvalue weighted by molar-refractivity contribution is 6.01. The molecule has 2 amide bonds. The summed E-state index contributed by atoms with van der Waals surface area (Å²) in [6.07, 6.45) is 0.437. The summed E-state index contributed by atoms with van der Waals surface area (Å²) in [4.78, 5) is 26.5. The van der Waals surface area contributed by atoms with Gasteiger partial charge in [0.1, 0.15) is 11.9 Å². The Balaban J connectivity index is 0.00000261. The van der Waals surface area contributed by atoms with Crippen molar-refractivity contribution in [2.75, 3.05) is 11.4 Å². The van der Waals surface area contributed by atoms with Gasteiger partial charge < -0.3 is 16.0 Å². The minimum absolute atomic E-state index is 0. The number of amides is 2. The fourth-order valence-electron chi connectivity index (χ4n) is 3.15. The molecule has 1 fully saturated rings. The molecule has 0 bridgehead atoms. The fourth-order valence-corrected chi connectivity index (χ4v) is 3.15. The van der Waals surface area contributed by atoms with Crippen LogP contribution in [0.25, 0.3) is 0 Å². The summed E-state index contributed by atoms with van der Waals surface area (Å²) in [7, 11) is 0. The number of halogens is 2. The van der Waals surface area contributed by atoms with Gasteiger partial charge in [0.2, 0.25) is 11.8 Å². The Labute approximate surface area is 164 Å². The smallest absolute Gasteiger partial charge is 0.249 e. The zero-order chi connectivity index (χ0) is 18.7. The number of hydrogen-bond acceptors (Lipinski definition) is 3. The SMILES string of the molecule is CC(C(=O)NC1CCN(c2ccccc2F)C1=O)C(N)c1ccccc1.Cl. The topological polar surface area (TPSA) is 75.4 Å². The first-order valence-electron chi connectivity index (χ1n) is 8.66. The van der Waals surface area contributed by atoms with Gasteiger partial charge in [0.15, 0.2) is 0 Å². The minimum Gasteiger partial charge on any atom is -0.344 e. The van der Waals surface area contributed by atoms with E-state index in [0.717, 1.165) is 5.56 Å². The van der Waals surface area contributed by atoms with Gasteiger partial charge in [0.05, 0.1) is 11.6 Å². The largest absolute Gasteiger partial charge is 0.344 e. The summed E-state index contributed by atoms with van der Waals surface area (Å²) in [5.74, 6) is -1.53. The summed E-state index contributed by atoms with van der Waals surface area (Å²) in [5, 5.41) is 2.77. The molecule has 1 heterocycles.